The van der Waals surface area contributed by atoms with Crippen molar-refractivity contribution in [2.24, 2.45) is 11.7 Å². The number of Topliss-reactive ketones (excluding diaryl/α,β-unsaturated/α-hetero) is 1. The summed E-state index contributed by atoms with van der Waals surface area (Å²) in [5.41, 5.74) is 5.70. The molecular weight excluding hydrogens is 312 g/mol. The van der Waals surface area contributed by atoms with Gasteiger partial charge in [0, 0.05) is 25.3 Å². The lowest BCUT2D eigenvalue weighted by molar-refractivity contribution is -0.132. The normalized spacial score (nSPS) is 18.5. The molecule has 1 aliphatic carbocycles. The number of carbonyl (C=O) groups is 4. The van der Waals surface area contributed by atoms with E-state index in [-0.39, 0.29) is 18.1 Å². The Bertz CT molecular complexity index is 653. The first-order valence-electron chi connectivity index (χ1n) is 7.77. The molecule has 0 unspecified atom stereocenters. The number of esters is 1. The van der Waals surface area contributed by atoms with Crippen LogP contribution in [-0.4, -0.2) is 29.6 Å². The molecule has 0 bridgehead atoms. The molecule has 1 fully saturated rings. The van der Waals surface area contributed by atoms with Gasteiger partial charge in [0.15, 0.2) is 0 Å². The number of amides is 2. The zero-order chi connectivity index (χ0) is 17.7. The molecule has 1 aromatic rings. The number of ketones is 1. The Balaban J connectivity index is 2.06. The smallest absolute Gasteiger partial charge is 0.308 e. The second kappa shape index (κ2) is 7.72. The number of nitrogens with two attached hydrogens (primary N) is 1. The minimum Gasteiger partial charge on any atom is -0.427 e. The van der Waals surface area contributed by atoms with Crippen molar-refractivity contribution < 1.29 is 23.9 Å². The lowest BCUT2D eigenvalue weighted by Crippen LogP contribution is -2.50. The number of primary amides is 1. The average Bonchev–Trinajstić information content (AvgIpc) is 2.52. The third kappa shape index (κ3) is 4.65. The van der Waals surface area contributed by atoms with Gasteiger partial charge in [-0.2, -0.15) is 0 Å². The third-order valence-corrected chi connectivity index (χ3v) is 3.96. The van der Waals surface area contributed by atoms with E-state index in [1.54, 1.807) is 0 Å². The van der Waals surface area contributed by atoms with Crippen molar-refractivity contribution in [3.63, 3.8) is 0 Å². The van der Waals surface area contributed by atoms with Crippen LogP contribution >= 0.6 is 0 Å². The lowest BCUT2D eigenvalue weighted by Gasteiger charge is -2.28. The van der Waals surface area contributed by atoms with Gasteiger partial charge in [-0.1, -0.05) is 0 Å². The van der Waals surface area contributed by atoms with Crippen molar-refractivity contribution in [1.82, 2.24) is 5.32 Å². The third-order valence-electron chi connectivity index (χ3n) is 3.96. The molecule has 1 aromatic carbocycles. The molecular formula is C17H20N2O5. The van der Waals surface area contributed by atoms with E-state index in [0.717, 1.165) is 0 Å². The largest absolute Gasteiger partial charge is 0.427 e. The van der Waals surface area contributed by atoms with Crippen LogP contribution in [0.4, 0.5) is 0 Å². The van der Waals surface area contributed by atoms with Gasteiger partial charge in [-0.3, -0.25) is 19.2 Å². The number of benzene rings is 1. The summed E-state index contributed by atoms with van der Waals surface area (Å²) in [4.78, 5) is 46.4. The molecule has 24 heavy (non-hydrogen) atoms. The Labute approximate surface area is 139 Å². The van der Waals surface area contributed by atoms with Gasteiger partial charge in [0.05, 0.1) is 0 Å². The topological polar surface area (TPSA) is 116 Å². The monoisotopic (exact) mass is 332 g/mol. The lowest BCUT2D eigenvalue weighted by atomic mass is 9.82. The van der Waals surface area contributed by atoms with E-state index >= 15 is 0 Å². The summed E-state index contributed by atoms with van der Waals surface area (Å²) in [7, 11) is 0. The predicted molar refractivity (Wildman–Crippen MR) is 85.2 cm³/mol. The zero-order valence-electron chi connectivity index (χ0n) is 13.4. The van der Waals surface area contributed by atoms with Crippen molar-refractivity contribution in [2.75, 3.05) is 0 Å². The Morgan fingerprint density at radius 2 is 1.92 bits per heavy atom. The second-order valence-corrected chi connectivity index (χ2v) is 5.87. The maximum atomic E-state index is 12.3. The SMILES string of the molecule is CC(=O)Oc1ccc(C(=O)N[C@@H](C(N)=O)[C@H]2CCCC(=O)C2)cc1. The van der Waals surface area contributed by atoms with Crippen LogP contribution in [0.2, 0.25) is 0 Å². The van der Waals surface area contributed by atoms with Gasteiger partial charge in [0.1, 0.15) is 17.6 Å². The molecule has 0 radical (unpaired) electrons. The fourth-order valence-electron chi connectivity index (χ4n) is 2.83. The summed E-state index contributed by atoms with van der Waals surface area (Å²) >= 11 is 0. The molecule has 2 rings (SSSR count). The highest BCUT2D eigenvalue weighted by Crippen LogP contribution is 2.24. The molecule has 0 saturated heterocycles. The number of rotatable bonds is 5. The number of hydrogen-bond acceptors (Lipinski definition) is 5. The van der Waals surface area contributed by atoms with E-state index in [0.29, 0.717) is 30.6 Å². The second-order valence-electron chi connectivity index (χ2n) is 5.87. The van der Waals surface area contributed by atoms with E-state index in [1.165, 1.54) is 31.2 Å². The summed E-state index contributed by atoms with van der Waals surface area (Å²) in [6.45, 7) is 1.28. The fourth-order valence-corrected chi connectivity index (χ4v) is 2.83. The molecule has 3 N–H and O–H groups in total. The van der Waals surface area contributed by atoms with Gasteiger partial charge in [-0.25, -0.2) is 0 Å². The highest BCUT2D eigenvalue weighted by Gasteiger charge is 2.32. The van der Waals surface area contributed by atoms with Crippen molar-refractivity contribution in [2.45, 2.75) is 38.6 Å². The van der Waals surface area contributed by atoms with E-state index in [4.69, 9.17) is 10.5 Å². The van der Waals surface area contributed by atoms with Crippen molar-refractivity contribution in [1.29, 1.82) is 0 Å². The summed E-state index contributed by atoms with van der Waals surface area (Å²) in [5, 5.41) is 2.61. The zero-order valence-corrected chi connectivity index (χ0v) is 13.4. The minimum atomic E-state index is -0.880. The van der Waals surface area contributed by atoms with Crippen LogP contribution < -0.4 is 15.8 Å². The average molecular weight is 332 g/mol. The van der Waals surface area contributed by atoms with Crippen LogP contribution in [0, 0.1) is 5.92 Å². The summed E-state index contributed by atoms with van der Waals surface area (Å²) in [5.74, 6) is -1.44. The Hall–Kier alpha value is -2.70. The van der Waals surface area contributed by atoms with Crippen LogP contribution in [0.3, 0.4) is 0 Å². The van der Waals surface area contributed by atoms with Gasteiger partial charge in [0.25, 0.3) is 5.91 Å². The molecule has 1 aliphatic rings. The van der Waals surface area contributed by atoms with E-state index < -0.39 is 23.8 Å². The van der Waals surface area contributed by atoms with Gasteiger partial charge in [0.2, 0.25) is 5.91 Å². The van der Waals surface area contributed by atoms with E-state index in [9.17, 15) is 19.2 Å². The first kappa shape index (κ1) is 17.7. The molecule has 0 aromatic heterocycles. The van der Waals surface area contributed by atoms with Crippen LogP contribution in [0.25, 0.3) is 0 Å². The van der Waals surface area contributed by atoms with Crippen molar-refractivity contribution in [3.8, 4) is 5.75 Å². The Kier molecular flexibility index (Phi) is 5.68. The van der Waals surface area contributed by atoms with Crippen LogP contribution in [0.1, 0.15) is 43.0 Å². The molecule has 1 saturated carbocycles. The van der Waals surface area contributed by atoms with Crippen LogP contribution in [0.5, 0.6) is 5.75 Å². The standard InChI is InChI=1S/C17H20N2O5/c1-10(20)24-14-7-5-11(6-8-14)17(23)19-15(16(18)22)12-3-2-4-13(21)9-12/h5-8,12,15H,2-4,9H2,1H3,(H2,18,22)(H,19,23)/t12-,15+/m0/s1. The molecule has 7 nitrogen and oxygen atoms in total. The highest BCUT2D eigenvalue weighted by atomic mass is 16.5. The van der Waals surface area contributed by atoms with Crippen LogP contribution in [0.15, 0.2) is 24.3 Å². The number of carbonyl (C=O) groups excluding carboxylic acids is 4. The van der Waals surface area contributed by atoms with Crippen molar-refractivity contribution in [3.05, 3.63) is 29.8 Å². The molecule has 2 atom stereocenters. The molecule has 7 heteroatoms. The molecule has 2 amide bonds. The van der Waals surface area contributed by atoms with Crippen molar-refractivity contribution >= 4 is 23.6 Å². The quantitative estimate of drug-likeness (QED) is 0.615. The minimum absolute atomic E-state index is 0.0810. The molecule has 0 spiro atoms. The molecule has 0 heterocycles. The summed E-state index contributed by atoms with van der Waals surface area (Å²) in [6, 6.07) is 5.06. The van der Waals surface area contributed by atoms with Gasteiger partial charge < -0.3 is 15.8 Å². The van der Waals surface area contributed by atoms with Gasteiger partial charge >= 0.3 is 5.97 Å². The Morgan fingerprint density at radius 1 is 1.25 bits per heavy atom. The number of nitrogens with one attached hydrogen (secondary N) is 1. The van der Waals surface area contributed by atoms with Gasteiger partial charge in [-0.05, 0) is 43.0 Å². The fraction of sp³-hybridized carbons (Fsp3) is 0.412. The van der Waals surface area contributed by atoms with E-state index in [2.05, 4.69) is 5.32 Å². The summed E-state index contributed by atoms with van der Waals surface area (Å²) < 4.78 is 4.89. The molecule has 0 aliphatic heterocycles. The van der Waals surface area contributed by atoms with Gasteiger partial charge in [-0.15, -0.1) is 0 Å². The first-order chi connectivity index (χ1) is 11.4. The number of ether oxygens (including phenoxy) is 1. The molecule has 128 valence electrons. The maximum absolute atomic E-state index is 12.3. The summed E-state index contributed by atoms with van der Waals surface area (Å²) in [6.07, 6.45) is 2.12. The van der Waals surface area contributed by atoms with E-state index in [1.807, 2.05) is 0 Å². The van der Waals surface area contributed by atoms with Crippen LogP contribution in [-0.2, 0) is 14.4 Å². The Morgan fingerprint density at radius 3 is 2.46 bits per heavy atom. The first-order valence-corrected chi connectivity index (χ1v) is 7.77. The maximum Gasteiger partial charge on any atom is 0.308 e. The predicted octanol–water partition coefficient (Wildman–Crippen LogP) is 0.955. The number of hydrogen-bond donors (Lipinski definition) is 2. The highest BCUT2D eigenvalue weighted by molar-refractivity contribution is 5.97.